The fourth-order valence-electron chi connectivity index (χ4n) is 6.93. The minimum Gasteiger partial charge on any atom is -0.507 e. The van der Waals surface area contributed by atoms with Crippen molar-refractivity contribution < 1.29 is 18.6 Å². The molecule has 200 valence electrons. The average molecular weight is 522 g/mol. The van der Waals surface area contributed by atoms with Crippen molar-refractivity contribution in [2.75, 3.05) is 12.0 Å². The number of fused-ring (bicyclic) bond motifs is 2. The summed E-state index contributed by atoms with van der Waals surface area (Å²) in [5.74, 6) is 0.269. The van der Waals surface area contributed by atoms with E-state index in [1.807, 2.05) is 0 Å². The number of hydrogen-bond donors (Lipinski definition) is 1. The maximum absolute atomic E-state index is 16.1. The monoisotopic (exact) mass is 521 g/mol. The first-order chi connectivity index (χ1) is 18.2. The van der Waals surface area contributed by atoms with Crippen LogP contribution in [0.3, 0.4) is 0 Å². The molecule has 2 aromatic heterocycles. The molecule has 2 heterocycles. The molecule has 3 aliphatic rings. The number of pyridine rings is 1. The molecule has 3 saturated carbocycles. The topological polar surface area (TPSA) is 84.3 Å². The molecule has 0 unspecified atom stereocenters. The van der Waals surface area contributed by atoms with Crippen LogP contribution in [0.5, 0.6) is 11.6 Å². The van der Waals surface area contributed by atoms with Crippen molar-refractivity contribution in [1.82, 2.24) is 20.2 Å². The number of benzene rings is 1. The second-order valence-corrected chi connectivity index (χ2v) is 11.9. The van der Waals surface area contributed by atoms with Crippen LogP contribution >= 0.6 is 0 Å². The zero-order valence-corrected chi connectivity index (χ0v) is 22.0. The van der Waals surface area contributed by atoms with E-state index in [4.69, 9.17) is 4.74 Å². The minimum absolute atomic E-state index is 0.0583. The first kappa shape index (κ1) is 24.9. The Bertz CT molecular complexity index is 1350. The number of anilines is 1. The van der Waals surface area contributed by atoms with Gasteiger partial charge < -0.3 is 14.7 Å². The number of rotatable bonds is 6. The van der Waals surface area contributed by atoms with E-state index < -0.39 is 12.1 Å². The highest BCUT2D eigenvalue weighted by Gasteiger charge is 2.56. The van der Waals surface area contributed by atoms with E-state index in [0.717, 1.165) is 44.9 Å². The normalized spacial score (nSPS) is 28.7. The van der Waals surface area contributed by atoms with Crippen molar-refractivity contribution in [2.45, 2.75) is 77.0 Å². The highest BCUT2D eigenvalue weighted by Crippen LogP contribution is 2.58. The first-order valence-electron chi connectivity index (χ1n) is 13.4. The number of halogens is 2. The van der Waals surface area contributed by atoms with Gasteiger partial charge in [-0.05, 0) is 67.2 Å². The predicted octanol–water partition coefficient (Wildman–Crippen LogP) is 6.12. The molecule has 0 saturated heterocycles. The lowest BCUT2D eigenvalue weighted by Gasteiger charge is -2.56. The molecule has 9 heteroatoms. The number of methoxy groups -OCH3 is 1. The number of hydrogen-bond acceptors (Lipinski definition) is 7. The summed E-state index contributed by atoms with van der Waals surface area (Å²) in [4.78, 5) is 10.3. The van der Waals surface area contributed by atoms with Gasteiger partial charge in [-0.3, -0.25) is 0 Å². The molecule has 0 radical (unpaired) electrons. The van der Waals surface area contributed by atoms with Crippen molar-refractivity contribution in [3.63, 3.8) is 0 Å². The van der Waals surface area contributed by atoms with Crippen molar-refractivity contribution >= 4 is 5.82 Å². The standard InChI is InChI=1S/C29H33F2N5O2/c1-28-9-4-10-29(2,16-28)26(31)21(14-28)36(19-6-7-19)24-15-32-27(35-34-24)20-8-5-17(11-22(20)37)18-12-23(30)33-25(13-18)38-3/h5,8,11-13,15,19,21,26,37H,4,6-7,9-10,14,16H2,1-3H3/t21-,26-,28-,29-/m1/s1. The number of phenolic OH excluding ortho intramolecular Hbond substituents is 1. The molecule has 6 rings (SSSR count). The van der Waals surface area contributed by atoms with Gasteiger partial charge in [-0.25, -0.2) is 9.37 Å². The van der Waals surface area contributed by atoms with Gasteiger partial charge in [0.2, 0.25) is 11.8 Å². The number of alkyl halides is 1. The van der Waals surface area contributed by atoms with Gasteiger partial charge in [-0.2, -0.15) is 9.37 Å². The van der Waals surface area contributed by atoms with Crippen LogP contribution in [0.1, 0.15) is 58.8 Å². The van der Waals surface area contributed by atoms with Crippen LogP contribution in [-0.2, 0) is 0 Å². The smallest absolute Gasteiger partial charge is 0.216 e. The Morgan fingerprint density at radius 3 is 2.58 bits per heavy atom. The second-order valence-electron chi connectivity index (χ2n) is 11.9. The second kappa shape index (κ2) is 9.13. The molecule has 0 amide bonds. The molecule has 1 aromatic carbocycles. The van der Waals surface area contributed by atoms with Crippen LogP contribution in [0.25, 0.3) is 22.5 Å². The van der Waals surface area contributed by atoms with Crippen molar-refractivity contribution in [3.05, 3.63) is 42.5 Å². The molecule has 2 bridgehead atoms. The average Bonchev–Trinajstić information content (AvgIpc) is 3.72. The molecule has 7 nitrogen and oxygen atoms in total. The zero-order chi connectivity index (χ0) is 26.7. The van der Waals surface area contributed by atoms with Gasteiger partial charge in [0.25, 0.3) is 0 Å². The molecular formula is C29H33F2N5O2. The van der Waals surface area contributed by atoms with Crippen molar-refractivity contribution in [1.29, 1.82) is 0 Å². The molecule has 3 fully saturated rings. The van der Waals surface area contributed by atoms with Gasteiger partial charge in [0.05, 0.1) is 24.9 Å². The Kier molecular flexibility index (Phi) is 6.00. The Balaban J connectivity index is 1.28. The van der Waals surface area contributed by atoms with Crippen LogP contribution in [-0.4, -0.2) is 50.6 Å². The molecular weight excluding hydrogens is 488 g/mol. The third-order valence-corrected chi connectivity index (χ3v) is 8.73. The molecule has 38 heavy (non-hydrogen) atoms. The van der Waals surface area contributed by atoms with Gasteiger partial charge in [0.1, 0.15) is 11.9 Å². The molecule has 3 aliphatic carbocycles. The summed E-state index contributed by atoms with van der Waals surface area (Å²) in [5, 5.41) is 19.6. The Morgan fingerprint density at radius 1 is 1.08 bits per heavy atom. The third kappa shape index (κ3) is 4.46. The fraction of sp³-hybridized carbons (Fsp3) is 0.517. The number of nitrogens with zero attached hydrogens (tertiary/aromatic N) is 5. The van der Waals surface area contributed by atoms with E-state index in [9.17, 15) is 9.50 Å². The number of phenols is 1. The lowest BCUT2D eigenvalue weighted by molar-refractivity contribution is -0.0554. The summed E-state index contributed by atoms with van der Waals surface area (Å²) in [6.45, 7) is 4.42. The maximum Gasteiger partial charge on any atom is 0.216 e. The number of ether oxygens (including phenoxy) is 1. The van der Waals surface area contributed by atoms with Gasteiger partial charge >= 0.3 is 0 Å². The van der Waals surface area contributed by atoms with Gasteiger partial charge in [-0.15, -0.1) is 10.2 Å². The molecule has 0 aliphatic heterocycles. The Morgan fingerprint density at radius 2 is 1.89 bits per heavy atom. The van der Waals surface area contributed by atoms with E-state index in [1.54, 1.807) is 24.4 Å². The summed E-state index contributed by atoms with van der Waals surface area (Å²) in [5.41, 5.74) is 1.35. The summed E-state index contributed by atoms with van der Waals surface area (Å²) in [7, 11) is 1.42. The molecule has 1 N–H and O–H groups in total. The number of aromatic nitrogens is 4. The van der Waals surface area contributed by atoms with E-state index in [-0.39, 0.29) is 40.4 Å². The predicted molar refractivity (Wildman–Crippen MR) is 140 cm³/mol. The van der Waals surface area contributed by atoms with Crippen LogP contribution in [0.4, 0.5) is 14.6 Å². The van der Waals surface area contributed by atoms with E-state index in [1.165, 1.54) is 19.2 Å². The summed E-state index contributed by atoms with van der Waals surface area (Å²) >= 11 is 0. The highest BCUT2D eigenvalue weighted by atomic mass is 19.1. The Hall–Kier alpha value is -3.36. The van der Waals surface area contributed by atoms with Gasteiger partial charge in [0.15, 0.2) is 11.6 Å². The summed E-state index contributed by atoms with van der Waals surface area (Å²) in [6, 6.07) is 7.83. The van der Waals surface area contributed by atoms with E-state index in [2.05, 4.69) is 38.9 Å². The first-order valence-corrected chi connectivity index (χ1v) is 13.4. The number of aromatic hydroxyl groups is 1. The van der Waals surface area contributed by atoms with Crippen LogP contribution in [0.2, 0.25) is 0 Å². The van der Waals surface area contributed by atoms with Gasteiger partial charge in [0, 0.05) is 23.6 Å². The van der Waals surface area contributed by atoms with Crippen LogP contribution in [0, 0.1) is 16.8 Å². The largest absolute Gasteiger partial charge is 0.507 e. The van der Waals surface area contributed by atoms with Crippen LogP contribution in [0.15, 0.2) is 36.5 Å². The molecule has 0 spiro atoms. The van der Waals surface area contributed by atoms with Crippen molar-refractivity contribution in [3.8, 4) is 34.1 Å². The zero-order valence-electron chi connectivity index (χ0n) is 22.0. The third-order valence-electron chi connectivity index (χ3n) is 8.73. The van der Waals surface area contributed by atoms with Crippen LogP contribution < -0.4 is 9.64 Å². The van der Waals surface area contributed by atoms with E-state index in [0.29, 0.717) is 22.5 Å². The van der Waals surface area contributed by atoms with Crippen molar-refractivity contribution in [2.24, 2.45) is 10.8 Å². The molecule has 3 aromatic rings. The maximum atomic E-state index is 16.1. The Labute approximate surface area is 221 Å². The lowest BCUT2D eigenvalue weighted by atomic mass is 9.54. The molecule has 4 atom stereocenters. The summed E-state index contributed by atoms with van der Waals surface area (Å²) in [6.07, 6.45) is 7.67. The van der Waals surface area contributed by atoms with Gasteiger partial charge in [-0.1, -0.05) is 26.3 Å². The quantitative estimate of drug-likeness (QED) is 0.391. The lowest BCUT2D eigenvalue weighted by Crippen LogP contribution is -2.58. The summed E-state index contributed by atoms with van der Waals surface area (Å²) < 4.78 is 35.0. The fourth-order valence-corrected chi connectivity index (χ4v) is 6.93. The van der Waals surface area contributed by atoms with E-state index >= 15 is 4.39 Å². The SMILES string of the molecule is COc1cc(-c2ccc(-c3ncc(N(C4CC4)[C@@H]4C[C@@]5(C)CCC[C@](C)(C5)[C@@H]4F)nn3)c(O)c2)cc(F)n1. The highest BCUT2D eigenvalue weighted by molar-refractivity contribution is 5.73. The minimum atomic E-state index is -0.925.